The molecule has 1 fully saturated rings. The molecule has 1 saturated heterocycles. The second kappa shape index (κ2) is 9.05. The van der Waals surface area contributed by atoms with Crippen LogP contribution in [0.4, 0.5) is 0 Å². The van der Waals surface area contributed by atoms with Crippen LogP contribution in [0.2, 0.25) is 0 Å². The van der Waals surface area contributed by atoms with Gasteiger partial charge >= 0.3 is 5.97 Å². The molecule has 2 aromatic carbocycles. The van der Waals surface area contributed by atoms with Crippen LogP contribution in [-0.2, 0) is 14.9 Å². The van der Waals surface area contributed by atoms with Crippen LogP contribution < -0.4 is 4.74 Å². The molecule has 0 spiro atoms. The van der Waals surface area contributed by atoms with Crippen LogP contribution in [0.3, 0.4) is 0 Å². The van der Waals surface area contributed by atoms with E-state index in [2.05, 4.69) is 24.0 Å². The Kier molecular flexibility index (Phi) is 6.51. The summed E-state index contributed by atoms with van der Waals surface area (Å²) in [5.74, 6) is 0.823. The van der Waals surface area contributed by atoms with Crippen molar-refractivity contribution in [1.82, 2.24) is 4.90 Å². The minimum Gasteiger partial charge on any atom is -0.492 e. The lowest BCUT2D eigenvalue weighted by Gasteiger charge is -2.40. The fraction of sp³-hybridized carbons (Fsp3) is 0.435. The van der Waals surface area contributed by atoms with Gasteiger partial charge in [-0.05, 0) is 63.0 Å². The predicted octanol–water partition coefficient (Wildman–Crippen LogP) is 3.97. The number of piperidine rings is 1. The molecule has 0 amide bonds. The van der Waals surface area contributed by atoms with E-state index in [1.165, 1.54) is 5.56 Å². The van der Waals surface area contributed by atoms with Crippen LogP contribution in [0.1, 0.15) is 30.9 Å². The van der Waals surface area contributed by atoms with Crippen LogP contribution in [0, 0.1) is 6.92 Å². The van der Waals surface area contributed by atoms with Gasteiger partial charge in [-0.15, -0.1) is 0 Å². The zero-order chi connectivity index (χ0) is 19.1. The number of ether oxygens (including phenoxy) is 2. The predicted molar refractivity (Wildman–Crippen MR) is 107 cm³/mol. The summed E-state index contributed by atoms with van der Waals surface area (Å²) < 4.78 is 11.3. The summed E-state index contributed by atoms with van der Waals surface area (Å²) in [5, 5.41) is 0. The average Bonchev–Trinajstić information content (AvgIpc) is 2.69. The lowest BCUT2D eigenvalue weighted by molar-refractivity contribution is -0.152. The Morgan fingerprint density at radius 1 is 1.07 bits per heavy atom. The van der Waals surface area contributed by atoms with Gasteiger partial charge < -0.3 is 9.47 Å². The van der Waals surface area contributed by atoms with Crippen molar-refractivity contribution in [2.45, 2.75) is 32.1 Å². The van der Waals surface area contributed by atoms with Gasteiger partial charge in [0.2, 0.25) is 0 Å². The van der Waals surface area contributed by atoms with Crippen molar-refractivity contribution in [2.24, 2.45) is 0 Å². The molecular formula is C23H29NO3. The number of likely N-dealkylation sites (tertiary alicyclic amines) is 1. The second-order valence-electron chi connectivity index (χ2n) is 7.18. The first kappa shape index (κ1) is 19.4. The van der Waals surface area contributed by atoms with Gasteiger partial charge in [0.1, 0.15) is 12.4 Å². The number of nitrogens with zero attached hydrogens (tertiary/aromatic N) is 1. The zero-order valence-electron chi connectivity index (χ0n) is 16.3. The maximum absolute atomic E-state index is 12.8. The van der Waals surface area contributed by atoms with Crippen LogP contribution in [0.15, 0.2) is 54.6 Å². The number of benzene rings is 2. The topological polar surface area (TPSA) is 38.8 Å². The number of esters is 1. The molecule has 1 aliphatic rings. The van der Waals surface area contributed by atoms with Crippen LogP contribution in [0.5, 0.6) is 5.75 Å². The number of aryl methyl sites for hydroxylation is 1. The fourth-order valence-electron chi connectivity index (χ4n) is 3.79. The second-order valence-corrected chi connectivity index (χ2v) is 7.18. The minimum atomic E-state index is -0.523. The summed E-state index contributed by atoms with van der Waals surface area (Å²) in [7, 11) is 0. The van der Waals surface area contributed by atoms with E-state index in [1.807, 2.05) is 49.4 Å². The van der Waals surface area contributed by atoms with E-state index in [9.17, 15) is 4.79 Å². The van der Waals surface area contributed by atoms with Gasteiger partial charge in [0.15, 0.2) is 0 Å². The molecule has 0 N–H and O–H groups in total. The molecule has 0 aromatic heterocycles. The molecule has 0 unspecified atom stereocenters. The normalized spacial score (nSPS) is 16.7. The minimum absolute atomic E-state index is 0.0909. The Hall–Kier alpha value is -2.33. The Labute approximate surface area is 162 Å². The lowest BCUT2D eigenvalue weighted by atomic mass is 9.72. The molecule has 4 nitrogen and oxygen atoms in total. The molecule has 0 saturated carbocycles. The highest BCUT2D eigenvalue weighted by Crippen LogP contribution is 2.36. The van der Waals surface area contributed by atoms with Crippen molar-refractivity contribution in [3.63, 3.8) is 0 Å². The van der Waals surface area contributed by atoms with E-state index in [1.54, 1.807) is 0 Å². The molecule has 0 radical (unpaired) electrons. The standard InChI is InChI=1S/C23H29NO3/c1-3-26-22(25)23(20-9-5-4-6-10-20)12-14-24(15-13-23)16-17-27-21-11-7-8-19(2)18-21/h4-11,18H,3,12-17H2,1-2H3. The van der Waals surface area contributed by atoms with Crippen molar-refractivity contribution in [2.75, 3.05) is 32.8 Å². The molecule has 1 aliphatic heterocycles. The number of carbonyl (C=O) groups excluding carboxylic acids is 1. The molecule has 3 rings (SSSR count). The van der Waals surface area contributed by atoms with E-state index in [-0.39, 0.29) is 5.97 Å². The molecule has 1 heterocycles. The Balaban J connectivity index is 1.58. The van der Waals surface area contributed by atoms with Gasteiger partial charge in [0.05, 0.1) is 12.0 Å². The molecule has 144 valence electrons. The van der Waals surface area contributed by atoms with E-state index >= 15 is 0 Å². The average molecular weight is 367 g/mol. The summed E-state index contributed by atoms with van der Waals surface area (Å²) in [4.78, 5) is 15.2. The van der Waals surface area contributed by atoms with Crippen molar-refractivity contribution in [3.8, 4) is 5.75 Å². The monoisotopic (exact) mass is 367 g/mol. The van der Waals surface area contributed by atoms with Crippen molar-refractivity contribution in [1.29, 1.82) is 0 Å². The SMILES string of the molecule is CCOC(=O)C1(c2ccccc2)CCN(CCOc2cccc(C)c2)CC1. The van der Waals surface area contributed by atoms with Crippen molar-refractivity contribution in [3.05, 3.63) is 65.7 Å². The van der Waals surface area contributed by atoms with Gasteiger partial charge in [-0.25, -0.2) is 0 Å². The Morgan fingerprint density at radius 3 is 2.48 bits per heavy atom. The molecule has 27 heavy (non-hydrogen) atoms. The fourth-order valence-corrected chi connectivity index (χ4v) is 3.79. The zero-order valence-corrected chi connectivity index (χ0v) is 16.3. The van der Waals surface area contributed by atoms with Crippen LogP contribution in [-0.4, -0.2) is 43.7 Å². The third-order valence-corrected chi connectivity index (χ3v) is 5.37. The van der Waals surface area contributed by atoms with E-state index in [0.29, 0.717) is 13.2 Å². The first-order valence-electron chi connectivity index (χ1n) is 9.78. The highest BCUT2D eigenvalue weighted by Gasteiger charge is 2.44. The number of hydrogen-bond donors (Lipinski definition) is 0. The van der Waals surface area contributed by atoms with Gasteiger partial charge in [0.25, 0.3) is 0 Å². The molecule has 0 aliphatic carbocycles. The molecule has 4 heteroatoms. The number of carbonyl (C=O) groups is 1. The summed E-state index contributed by atoms with van der Waals surface area (Å²) >= 11 is 0. The van der Waals surface area contributed by atoms with Crippen LogP contribution in [0.25, 0.3) is 0 Å². The van der Waals surface area contributed by atoms with Crippen molar-refractivity contribution < 1.29 is 14.3 Å². The van der Waals surface area contributed by atoms with Gasteiger partial charge in [-0.1, -0.05) is 42.5 Å². The smallest absolute Gasteiger partial charge is 0.316 e. The number of rotatable bonds is 7. The summed E-state index contributed by atoms with van der Waals surface area (Å²) in [6.45, 7) is 7.60. The van der Waals surface area contributed by atoms with Gasteiger partial charge in [-0.3, -0.25) is 9.69 Å². The third-order valence-electron chi connectivity index (χ3n) is 5.37. The molecule has 0 bridgehead atoms. The third kappa shape index (κ3) is 4.69. The molecule has 0 atom stereocenters. The highest BCUT2D eigenvalue weighted by atomic mass is 16.5. The van der Waals surface area contributed by atoms with E-state index in [4.69, 9.17) is 9.47 Å². The quantitative estimate of drug-likeness (QED) is 0.694. The van der Waals surface area contributed by atoms with E-state index in [0.717, 1.165) is 43.8 Å². The van der Waals surface area contributed by atoms with Crippen LogP contribution >= 0.6 is 0 Å². The highest BCUT2D eigenvalue weighted by molar-refractivity contribution is 5.83. The molecule has 2 aromatic rings. The van der Waals surface area contributed by atoms with E-state index < -0.39 is 5.41 Å². The maximum atomic E-state index is 12.8. The van der Waals surface area contributed by atoms with Gasteiger partial charge in [-0.2, -0.15) is 0 Å². The lowest BCUT2D eigenvalue weighted by Crippen LogP contribution is -2.48. The first-order chi connectivity index (χ1) is 13.1. The largest absolute Gasteiger partial charge is 0.492 e. The van der Waals surface area contributed by atoms with Crippen molar-refractivity contribution >= 4 is 5.97 Å². The first-order valence-corrected chi connectivity index (χ1v) is 9.78. The molecular weight excluding hydrogens is 338 g/mol. The summed E-state index contributed by atoms with van der Waals surface area (Å²) in [6, 6.07) is 18.2. The maximum Gasteiger partial charge on any atom is 0.316 e. The van der Waals surface area contributed by atoms with Gasteiger partial charge in [0, 0.05) is 6.54 Å². The Morgan fingerprint density at radius 2 is 1.81 bits per heavy atom. The summed E-state index contributed by atoms with van der Waals surface area (Å²) in [6.07, 6.45) is 1.56. The summed E-state index contributed by atoms with van der Waals surface area (Å²) in [5.41, 5.74) is 1.75. The Bertz CT molecular complexity index is 736. The number of hydrogen-bond acceptors (Lipinski definition) is 4.